The summed E-state index contributed by atoms with van der Waals surface area (Å²) in [6.45, 7) is 5.17. The van der Waals surface area contributed by atoms with Crippen molar-refractivity contribution in [2.24, 2.45) is 10.9 Å². The fraction of sp³-hybridized carbons (Fsp3) is 0.538. The van der Waals surface area contributed by atoms with Crippen molar-refractivity contribution in [1.29, 1.82) is 0 Å². The molecule has 0 aliphatic carbocycles. The van der Waals surface area contributed by atoms with Crippen LogP contribution in [0.1, 0.15) is 16.8 Å². The summed E-state index contributed by atoms with van der Waals surface area (Å²) in [7, 11) is 1.61. The number of rotatable bonds is 7. The van der Waals surface area contributed by atoms with Gasteiger partial charge in [-0.3, -0.25) is 0 Å². The van der Waals surface area contributed by atoms with Crippen molar-refractivity contribution in [3.63, 3.8) is 0 Å². The standard InChI is InChI=1S/C13H22N4O3/c1-9-8-10(2)15-13(11(9)12(14)16-19)17(4-6-18)5-7-20-3/h8,18-19H,4-7H2,1-3H3,(H2,14,16). The molecule has 0 aliphatic rings. The molecular formula is C13H22N4O3. The summed E-state index contributed by atoms with van der Waals surface area (Å²) in [6.07, 6.45) is 0. The van der Waals surface area contributed by atoms with E-state index in [0.29, 0.717) is 31.1 Å². The fourth-order valence-corrected chi connectivity index (χ4v) is 2.06. The molecular weight excluding hydrogens is 260 g/mol. The van der Waals surface area contributed by atoms with Crippen molar-refractivity contribution < 1.29 is 15.1 Å². The summed E-state index contributed by atoms with van der Waals surface area (Å²) in [5, 5.41) is 21.2. The monoisotopic (exact) mass is 282 g/mol. The number of aryl methyl sites for hydroxylation is 2. The Morgan fingerprint density at radius 3 is 2.70 bits per heavy atom. The van der Waals surface area contributed by atoms with Crippen LogP contribution in [0.3, 0.4) is 0 Å². The minimum absolute atomic E-state index is 0.00496. The number of ether oxygens (including phenoxy) is 1. The maximum absolute atomic E-state index is 9.20. The van der Waals surface area contributed by atoms with Gasteiger partial charge in [0.2, 0.25) is 0 Å². The van der Waals surface area contributed by atoms with E-state index in [0.717, 1.165) is 11.3 Å². The Hall–Kier alpha value is -1.86. The lowest BCUT2D eigenvalue weighted by Gasteiger charge is -2.26. The van der Waals surface area contributed by atoms with Crippen molar-refractivity contribution in [2.45, 2.75) is 13.8 Å². The molecule has 7 nitrogen and oxygen atoms in total. The second-order valence-electron chi connectivity index (χ2n) is 4.47. The molecule has 1 aromatic rings. The van der Waals surface area contributed by atoms with Gasteiger partial charge in [-0.25, -0.2) is 4.98 Å². The van der Waals surface area contributed by atoms with Crippen molar-refractivity contribution in [3.05, 3.63) is 22.9 Å². The Balaban J connectivity index is 3.30. The first-order valence-corrected chi connectivity index (χ1v) is 6.36. The first kappa shape index (κ1) is 16.2. The predicted molar refractivity (Wildman–Crippen MR) is 77.4 cm³/mol. The third-order valence-corrected chi connectivity index (χ3v) is 2.92. The van der Waals surface area contributed by atoms with E-state index in [4.69, 9.17) is 15.7 Å². The zero-order valence-electron chi connectivity index (χ0n) is 12.1. The lowest BCUT2D eigenvalue weighted by molar-refractivity contribution is 0.202. The third kappa shape index (κ3) is 3.82. The van der Waals surface area contributed by atoms with Crippen LogP contribution < -0.4 is 10.6 Å². The Kier molecular flexibility index (Phi) is 6.20. The van der Waals surface area contributed by atoms with Crippen LogP contribution in [0, 0.1) is 13.8 Å². The van der Waals surface area contributed by atoms with Gasteiger partial charge in [0.05, 0.1) is 18.8 Å². The van der Waals surface area contributed by atoms with E-state index in [9.17, 15) is 5.11 Å². The smallest absolute Gasteiger partial charge is 0.174 e. The molecule has 4 N–H and O–H groups in total. The van der Waals surface area contributed by atoms with Crippen LogP contribution >= 0.6 is 0 Å². The molecule has 20 heavy (non-hydrogen) atoms. The van der Waals surface area contributed by atoms with Gasteiger partial charge in [-0.15, -0.1) is 0 Å². The van der Waals surface area contributed by atoms with Crippen molar-refractivity contribution >= 4 is 11.7 Å². The Bertz CT molecular complexity index is 477. The van der Waals surface area contributed by atoms with Gasteiger partial charge >= 0.3 is 0 Å². The molecule has 0 saturated heterocycles. The van der Waals surface area contributed by atoms with Crippen LogP contribution in [0.2, 0.25) is 0 Å². The van der Waals surface area contributed by atoms with Crippen molar-refractivity contribution in [1.82, 2.24) is 4.98 Å². The van der Waals surface area contributed by atoms with E-state index in [-0.39, 0.29) is 12.4 Å². The lowest BCUT2D eigenvalue weighted by Crippen LogP contribution is -2.34. The predicted octanol–water partition coefficient (Wildman–Crippen LogP) is 0.238. The number of nitrogens with two attached hydrogens (primary N) is 1. The van der Waals surface area contributed by atoms with Gasteiger partial charge in [0.25, 0.3) is 0 Å². The molecule has 0 aromatic carbocycles. The van der Waals surface area contributed by atoms with Gasteiger partial charge in [0.15, 0.2) is 5.84 Å². The molecule has 0 saturated carbocycles. The molecule has 1 rings (SSSR count). The van der Waals surface area contributed by atoms with E-state index >= 15 is 0 Å². The first-order chi connectivity index (χ1) is 9.54. The van der Waals surface area contributed by atoms with Gasteiger partial charge in [0.1, 0.15) is 5.82 Å². The number of aliphatic hydroxyl groups is 1. The van der Waals surface area contributed by atoms with Crippen molar-refractivity contribution in [2.75, 3.05) is 38.3 Å². The average molecular weight is 282 g/mol. The number of hydrogen-bond acceptors (Lipinski definition) is 6. The van der Waals surface area contributed by atoms with Crippen LogP contribution in [-0.4, -0.2) is 54.5 Å². The summed E-state index contributed by atoms with van der Waals surface area (Å²) in [5.41, 5.74) is 8.01. The number of nitrogens with zero attached hydrogens (tertiary/aromatic N) is 3. The van der Waals surface area contributed by atoms with Gasteiger partial charge in [0, 0.05) is 25.9 Å². The van der Waals surface area contributed by atoms with E-state index in [1.54, 1.807) is 7.11 Å². The second kappa shape index (κ2) is 7.66. The van der Waals surface area contributed by atoms with E-state index in [1.165, 1.54) is 0 Å². The Labute approximate surface area is 118 Å². The molecule has 0 aliphatic heterocycles. The minimum Gasteiger partial charge on any atom is -0.409 e. The fourth-order valence-electron chi connectivity index (χ4n) is 2.06. The summed E-state index contributed by atoms with van der Waals surface area (Å²) < 4.78 is 5.07. The van der Waals surface area contributed by atoms with Gasteiger partial charge in [-0.05, 0) is 25.5 Å². The zero-order valence-corrected chi connectivity index (χ0v) is 12.1. The number of oxime groups is 1. The van der Waals surface area contributed by atoms with E-state index in [1.807, 2.05) is 24.8 Å². The molecule has 0 atom stereocenters. The Morgan fingerprint density at radius 1 is 1.45 bits per heavy atom. The number of aromatic nitrogens is 1. The third-order valence-electron chi connectivity index (χ3n) is 2.92. The highest BCUT2D eigenvalue weighted by molar-refractivity contribution is 6.02. The molecule has 0 unspecified atom stereocenters. The SMILES string of the molecule is COCCN(CCO)c1nc(C)cc(C)c1/C(N)=N/O. The topological polar surface area (TPSA) is 104 Å². The second-order valence-corrected chi connectivity index (χ2v) is 4.47. The number of methoxy groups -OCH3 is 1. The number of anilines is 1. The number of hydrogen-bond donors (Lipinski definition) is 3. The van der Waals surface area contributed by atoms with Crippen LogP contribution in [0.25, 0.3) is 0 Å². The molecule has 112 valence electrons. The highest BCUT2D eigenvalue weighted by Crippen LogP contribution is 2.22. The highest BCUT2D eigenvalue weighted by atomic mass is 16.5. The molecule has 0 spiro atoms. The number of amidine groups is 1. The van der Waals surface area contributed by atoms with Gasteiger partial charge < -0.3 is 25.7 Å². The summed E-state index contributed by atoms with van der Waals surface area (Å²) in [6, 6.07) is 1.87. The summed E-state index contributed by atoms with van der Waals surface area (Å²) in [5.74, 6) is 0.592. The number of pyridine rings is 1. The summed E-state index contributed by atoms with van der Waals surface area (Å²) in [4.78, 5) is 6.32. The molecule has 0 amide bonds. The average Bonchev–Trinajstić information content (AvgIpc) is 2.41. The van der Waals surface area contributed by atoms with E-state index in [2.05, 4.69) is 10.1 Å². The molecule has 1 aromatic heterocycles. The first-order valence-electron chi connectivity index (χ1n) is 6.36. The van der Waals surface area contributed by atoms with Crippen LogP contribution in [-0.2, 0) is 4.74 Å². The largest absolute Gasteiger partial charge is 0.409 e. The zero-order chi connectivity index (χ0) is 15.1. The van der Waals surface area contributed by atoms with Gasteiger partial charge in [-0.2, -0.15) is 0 Å². The summed E-state index contributed by atoms with van der Waals surface area (Å²) >= 11 is 0. The maximum atomic E-state index is 9.20. The van der Waals surface area contributed by atoms with Crippen LogP contribution in [0.5, 0.6) is 0 Å². The van der Waals surface area contributed by atoms with Crippen LogP contribution in [0.15, 0.2) is 11.2 Å². The Morgan fingerprint density at radius 2 is 2.15 bits per heavy atom. The molecule has 7 heteroatoms. The quantitative estimate of drug-likeness (QED) is 0.286. The molecule has 0 bridgehead atoms. The van der Waals surface area contributed by atoms with Gasteiger partial charge in [-0.1, -0.05) is 5.16 Å². The van der Waals surface area contributed by atoms with Crippen LogP contribution in [0.4, 0.5) is 5.82 Å². The maximum Gasteiger partial charge on any atom is 0.174 e. The highest BCUT2D eigenvalue weighted by Gasteiger charge is 2.18. The van der Waals surface area contributed by atoms with E-state index < -0.39 is 0 Å². The van der Waals surface area contributed by atoms with Crippen molar-refractivity contribution in [3.8, 4) is 0 Å². The number of aliphatic hydroxyl groups excluding tert-OH is 1. The minimum atomic E-state index is -0.0198. The normalized spacial score (nSPS) is 11.7. The molecule has 1 heterocycles. The molecule has 0 fully saturated rings. The lowest BCUT2D eigenvalue weighted by atomic mass is 10.1. The molecule has 0 radical (unpaired) electrons.